The lowest BCUT2D eigenvalue weighted by atomic mass is 9.85. The molecule has 1 aliphatic rings. The van der Waals surface area contributed by atoms with Crippen LogP contribution in [-0.4, -0.2) is 13.1 Å². The van der Waals surface area contributed by atoms with E-state index >= 15 is 0 Å². The van der Waals surface area contributed by atoms with E-state index in [4.69, 9.17) is 5.73 Å². The lowest BCUT2D eigenvalue weighted by Crippen LogP contribution is -2.39. The minimum atomic E-state index is 0.600. The molecule has 100 valence electrons. The molecule has 2 atom stereocenters. The van der Waals surface area contributed by atoms with Crippen LogP contribution in [0.4, 0.5) is 5.69 Å². The molecule has 0 saturated heterocycles. The van der Waals surface area contributed by atoms with Crippen molar-refractivity contribution in [1.82, 2.24) is 0 Å². The Balaban J connectivity index is 2.19. The molecule has 0 aliphatic heterocycles. The van der Waals surface area contributed by atoms with Gasteiger partial charge in [0.05, 0.1) is 5.69 Å². The Kier molecular flexibility index (Phi) is 4.68. The number of nitrogens with zero attached hydrogens (tertiary/aromatic N) is 1. The molecular weight excluding hydrogens is 288 g/mol. The van der Waals surface area contributed by atoms with Crippen molar-refractivity contribution in [1.29, 1.82) is 0 Å². The lowest BCUT2D eigenvalue weighted by molar-refractivity contribution is 0.321. The van der Waals surface area contributed by atoms with Gasteiger partial charge in [0.2, 0.25) is 0 Å². The summed E-state index contributed by atoms with van der Waals surface area (Å²) in [6, 6.07) is 7.12. The molecule has 0 amide bonds. The van der Waals surface area contributed by atoms with Gasteiger partial charge >= 0.3 is 0 Å². The predicted octanol–water partition coefficient (Wildman–Crippen LogP) is 3.92. The van der Waals surface area contributed by atoms with Gasteiger partial charge < -0.3 is 10.6 Å². The first kappa shape index (κ1) is 13.9. The van der Waals surface area contributed by atoms with Crippen molar-refractivity contribution in [2.24, 2.45) is 11.7 Å². The molecule has 2 unspecified atom stereocenters. The largest absolute Gasteiger partial charge is 0.370 e. The number of benzene rings is 1. The molecule has 2 rings (SSSR count). The van der Waals surface area contributed by atoms with E-state index in [1.165, 1.54) is 36.9 Å². The summed E-state index contributed by atoms with van der Waals surface area (Å²) >= 11 is 3.68. The molecule has 0 spiro atoms. The number of anilines is 1. The monoisotopic (exact) mass is 310 g/mol. The fourth-order valence-corrected chi connectivity index (χ4v) is 3.72. The quantitative estimate of drug-likeness (QED) is 0.916. The van der Waals surface area contributed by atoms with Crippen molar-refractivity contribution in [3.8, 4) is 0 Å². The van der Waals surface area contributed by atoms with Crippen LogP contribution in [0, 0.1) is 5.92 Å². The molecule has 0 aromatic heterocycles. The minimum absolute atomic E-state index is 0.600. The number of halogens is 1. The third-order valence-corrected chi connectivity index (χ3v) is 4.83. The van der Waals surface area contributed by atoms with Gasteiger partial charge in [-0.05, 0) is 52.4 Å². The van der Waals surface area contributed by atoms with Crippen LogP contribution in [0.1, 0.15) is 38.2 Å². The molecule has 2 N–H and O–H groups in total. The van der Waals surface area contributed by atoms with E-state index in [1.807, 2.05) is 0 Å². The molecule has 0 heterocycles. The van der Waals surface area contributed by atoms with E-state index in [-0.39, 0.29) is 0 Å². The topological polar surface area (TPSA) is 29.3 Å². The summed E-state index contributed by atoms with van der Waals surface area (Å²) < 4.78 is 1.16. The van der Waals surface area contributed by atoms with E-state index in [2.05, 4.69) is 53.0 Å². The third kappa shape index (κ3) is 2.89. The van der Waals surface area contributed by atoms with Gasteiger partial charge in [-0.1, -0.05) is 25.8 Å². The van der Waals surface area contributed by atoms with Gasteiger partial charge in [0.25, 0.3) is 0 Å². The number of nitrogens with two attached hydrogens (primary N) is 1. The van der Waals surface area contributed by atoms with E-state index in [1.54, 1.807) is 0 Å². The van der Waals surface area contributed by atoms with Gasteiger partial charge in [-0.3, -0.25) is 0 Å². The zero-order chi connectivity index (χ0) is 13.1. The second-order valence-corrected chi connectivity index (χ2v) is 6.28. The summed E-state index contributed by atoms with van der Waals surface area (Å²) in [6.07, 6.45) is 5.41. The van der Waals surface area contributed by atoms with Crippen LogP contribution < -0.4 is 10.6 Å². The van der Waals surface area contributed by atoms with E-state index < -0.39 is 0 Å². The highest BCUT2D eigenvalue weighted by Gasteiger charge is 2.25. The SMILES string of the molecule is CC1CCCCC1N(C)c1ccc(CN)cc1Br. The van der Waals surface area contributed by atoms with Crippen LogP contribution in [0.2, 0.25) is 0 Å². The third-order valence-electron chi connectivity index (χ3n) is 4.19. The highest BCUT2D eigenvalue weighted by Crippen LogP contribution is 2.34. The summed E-state index contributed by atoms with van der Waals surface area (Å²) in [4.78, 5) is 2.44. The lowest BCUT2D eigenvalue weighted by Gasteiger charge is -2.38. The van der Waals surface area contributed by atoms with E-state index in [0.29, 0.717) is 12.6 Å². The summed E-state index contributed by atoms with van der Waals surface area (Å²) in [5.74, 6) is 0.782. The second kappa shape index (κ2) is 6.07. The number of rotatable bonds is 3. The van der Waals surface area contributed by atoms with Gasteiger partial charge in [-0.15, -0.1) is 0 Å². The molecule has 1 fully saturated rings. The maximum Gasteiger partial charge on any atom is 0.0510 e. The molecule has 3 heteroatoms. The highest BCUT2D eigenvalue weighted by atomic mass is 79.9. The summed E-state index contributed by atoms with van der Waals surface area (Å²) in [5.41, 5.74) is 8.14. The van der Waals surface area contributed by atoms with E-state index in [9.17, 15) is 0 Å². The Labute approximate surface area is 119 Å². The van der Waals surface area contributed by atoms with E-state index in [0.717, 1.165) is 10.4 Å². The fourth-order valence-electron chi connectivity index (χ4n) is 3.01. The zero-order valence-electron chi connectivity index (χ0n) is 11.3. The van der Waals surface area contributed by atoms with Crippen LogP contribution in [0.25, 0.3) is 0 Å². The van der Waals surface area contributed by atoms with Crippen LogP contribution in [0.5, 0.6) is 0 Å². The van der Waals surface area contributed by atoms with Crippen LogP contribution in [0.15, 0.2) is 22.7 Å². The molecule has 1 aromatic carbocycles. The smallest absolute Gasteiger partial charge is 0.0510 e. The van der Waals surface area contributed by atoms with Gasteiger partial charge in [-0.25, -0.2) is 0 Å². The van der Waals surface area contributed by atoms with Crippen LogP contribution in [-0.2, 0) is 6.54 Å². The van der Waals surface area contributed by atoms with Crippen molar-refractivity contribution >= 4 is 21.6 Å². The summed E-state index contributed by atoms with van der Waals surface area (Å²) in [6.45, 7) is 2.98. The Bertz CT molecular complexity index is 405. The maximum atomic E-state index is 5.68. The molecular formula is C15H23BrN2. The highest BCUT2D eigenvalue weighted by molar-refractivity contribution is 9.10. The molecule has 0 bridgehead atoms. The van der Waals surface area contributed by atoms with Gasteiger partial charge in [-0.2, -0.15) is 0 Å². The Morgan fingerprint density at radius 3 is 2.67 bits per heavy atom. The van der Waals surface area contributed by atoms with Crippen molar-refractivity contribution < 1.29 is 0 Å². The first-order chi connectivity index (χ1) is 8.63. The normalized spacial score (nSPS) is 24.0. The Morgan fingerprint density at radius 1 is 1.33 bits per heavy atom. The molecule has 0 radical (unpaired) electrons. The van der Waals surface area contributed by atoms with Crippen molar-refractivity contribution in [3.63, 3.8) is 0 Å². The Hall–Kier alpha value is -0.540. The summed E-state index contributed by atoms with van der Waals surface area (Å²) in [5, 5.41) is 0. The number of hydrogen-bond donors (Lipinski definition) is 1. The standard InChI is InChI=1S/C15H23BrN2/c1-11-5-3-4-6-14(11)18(2)15-8-7-12(10-17)9-13(15)16/h7-9,11,14H,3-6,10,17H2,1-2H3. The first-order valence-electron chi connectivity index (χ1n) is 6.85. The second-order valence-electron chi connectivity index (χ2n) is 5.43. The van der Waals surface area contributed by atoms with Gasteiger partial charge in [0.1, 0.15) is 0 Å². The van der Waals surface area contributed by atoms with Gasteiger partial charge in [0, 0.05) is 24.1 Å². The molecule has 1 aliphatic carbocycles. The maximum absolute atomic E-state index is 5.68. The molecule has 18 heavy (non-hydrogen) atoms. The van der Waals surface area contributed by atoms with Crippen LogP contribution in [0.3, 0.4) is 0 Å². The predicted molar refractivity (Wildman–Crippen MR) is 81.9 cm³/mol. The number of hydrogen-bond acceptors (Lipinski definition) is 2. The summed E-state index contributed by atoms with van der Waals surface area (Å²) in [7, 11) is 2.22. The average Bonchev–Trinajstić information content (AvgIpc) is 2.38. The minimum Gasteiger partial charge on any atom is -0.370 e. The Morgan fingerprint density at radius 2 is 2.06 bits per heavy atom. The fraction of sp³-hybridized carbons (Fsp3) is 0.600. The van der Waals surface area contributed by atoms with Crippen molar-refractivity contribution in [3.05, 3.63) is 28.2 Å². The molecule has 1 saturated carbocycles. The van der Waals surface area contributed by atoms with Crippen molar-refractivity contribution in [2.75, 3.05) is 11.9 Å². The zero-order valence-corrected chi connectivity index (χ0v) is 12.9. The van der Waals surface area contributed by atoms with Crippen molar-refractivity contribution in [2.45, 2.75) is 45.2 Å². The van der Waals surface area contributed by atoms with Gasteiger partial charge in [0.15, 0.2) is 0 Å². The average molecular weight is 311 g/mol. The molecule has 1 aromatic rings. The van der Waals surface area contributed by atoms with Crippen LogP contribution >= 0.6 is 15.9 Å². The first-order valence-corrected chi connectivity index (χ1v) is 7.64. The molecule has 2 nitrogen and oxygen atoms in total.